The van der Waals surface area contributed by atoms with Crippen molar-refractivity contribution in [3.63, 3.8) is 0 Å². The predicted octanol–water partition coefficient (Wildman–Crippen LogP) is 9.88. The fourth-order valence-corrected chi connectivity index (χ4v) is 18.8. The van der Waals surface area contributed by atoms with Gasteiger partial charge >= 0.3 is 337 Å². The number of carbonyl (C=O) groups is 2. The molecule has 0 saturated heterocycles. The molecule has 6 aromatic carbocycles. The van der Waals surface area contributed by atoms with Crippen LogP contribution in [0.4, 0.5) is 0 Å². The van der Waals surface area contributed by atoms with Crippen molar-refractivity contribution in [2.24, 2.45) is 0 Å². The summed E-state index contributed by atoms with van der Waals surface area (Å²) in [6.07, 6.45) is 1.42. The number of hydrogen-bond donors (Lipinski definition) is 0. The van der Waals surface area contributed by atoms with Gasteiger partial charge < -0.3 is 0 Å². The van der Waals surface area contributed by atoms with E-state index < -0.39 is 13.7 Å². The first kappa shape index (κ1) is 42.3. The molecule has 6 rings (SSSR count). The average molecular weight is 785 g/mol. The van der Waals surface area contributed by atoms with Gasteiger partial charge in [0.05, 0.1) is 0 Å². The number of aryl methyl sites for hydroxylation is 6. The molecule has 6 aromatic rings. The second kappa shape index (κ2) is 16.7. The molecule has 292 valence electrons. The van der Waals surface area contributed by atoms with Gasteiger partial charge in [-0.05, 0) is 0 Å². The molecule has 0 saturated carbocycles. The van der Waals surface area contributed by atoms with Crippen molar-refractivity contribution >= 4 is 57.4 Å². The third-order valence-electron chi connectivity index (χ3n) is 11.3. The molecule has 0 fully saturated rings. The van der Waals surface area contributed by atoms with Gasteiger partial charge in [0.15, 0.2) is 0 Å². The molecule has 0 N–H and O–H groups in total. The fraction of sp³-hybridized carbons (Fsp3) is 0.240. The van der Waals surface area contributed by atoms with E-state index in [0.717, 1.165) is 31.8 Å². The van der Waals surface area contributed by atoms with Crippen molar-refractivity contribution in [2.45, 2.75) is 69.2 Å². The molecule has 4 nitrogen and oxygen atoms in total. The van der Waals surface area contributed by atoms with Crippen LogP contribution in [0.15, 0.2) is 146 Å². The molecule has 0 unspecified atom stereocenters. The van der Waals surface area contributed by atoms with Crippen LogP contribution in [-0.2, 0) is 18.6 Å². The van der Waals surface area contributed by atoms with Crippen molar-refractivity contribution < 1.29 is 18.6 Å². The van der Waals surface area contributed by atoms with E-state index in [1.54, 1.807) is 0 Å². The SMILES string of the molecule is CCP(OC(C)=O)(c1ccc(C)cc1)(c1ccc(C)cc1)c1ccc(C)cc1.CCP(OC(C)=O)(c1ccc(C)cc1)(c1ccc(C)cc1)c1ccc(C)cc1. The Labute approximate surface area is 335 Å². The van der Waals surface area contributed by atoms with Gasteiger partial charge in [0.1, 0.15) is 0 Å². The summed E-state index contributed by atoms with van der Waals surface area (Å²) in [5.74, 6) is -0.498. The van der Waals surface area contributed by atoms with Gasteiger partial charge in [-0.15, -0.1) is 0 Å². The first-order chi connectivity index (χ1) is 26.6. The standard InChI is InChI=1S/2C25H29O2P/c2*1-6-28(27-22(5)26,23-13-7-19(2)8-14-23,24-15-9-20(3)10-16-24)25-17-11-21(4)12-18-25/h2*7-18H,6H2,1-5H3. The van der Waals surface area contributed by atoms with Crippen LogP contribution in [0.25, 0.3) is 0 Å². The molecule has 0 bridgehead atoms. The van der Waals surface area contributed by atoms with Crippen LogP contribution in [0.1, 0.15) is 61.1 Å². The molecule has 0 atom stereocenters. The van der Waals surface area contributed by atoms with E-state index in [4.69, 9.17) is 9.05 Å². The molecule has 0 aliphatic heterocycles. The second-order valence-corrected chi connectivity index (χ2v) is 24.8. The van der Waals surface area contributed by atoms with Gasteiger partial charge in [-0.2, -0.15) is 0 Å². The minimum absolute atomic E-state index is 0.249. The normalized spacial score (nSPS) is 12.8. The molecule has 0 aromatic heterocycles. The van der Waals surface area contributed by atoms with Gasteiger partial charge in [-0.3, -0.25) is 0 Å². The van der Waals surface area contributed by atoms with E-state index in [9.17, 15) is 9.59 Å². The number of rotatable bonds is 10. The second-order valence-electron chi connectivity index (χ2n) is 15.2. The van der Waals surface area contributed by atoms with Crippen molar-refractivity contribution in [3.05, 3.63) is 179 Å². The van der Waals surface area contributed by atoms with Crippen LogP contribution in [0.3, 0.4) is 0 Å². The summed E-state index contributed by atoms with van der Waals surface area (Å²) in [7, 11) is 0. The molecule has 0 spiro atoms. The first-order valence-electron chi connectivity index (χ1n) is 19.5. The molecule has 56 heavy (non-hydrogen) atoms. The predicted molar refractivity (Wildman–Crippen MR) is 243 cm³/mol. The molecule has 0 aliphatic carbocycles. The maximum atomic E-state index is 12.6. The summed E-state index contributed by atoms with van der Waals surface area (Å²) in [4.78, 5) is 25.1. The Balaban J connectivity index is 0.000000214. The van der Waals surface area contributed by atoms with Crippen LogP contribution < -0.4 is 31.8 Å². The summed E-state index contributed by atoms with van der Waals surface area (Å²) in [5, 5.41) is 6.51. The zero-order valence-electron chi connectivity index (χ0n) is 34.8. The van der Waals surface area contributed by atoms with Gasteiger partial charge in [0.2, 0.25) is 0 Å². The first-order valence-corrected chi connectivity index (χ1v) is 24.2. The molecular formula is C50H58O4P2. The van der Waals surface area contributed by atoms with Gasteiger partial charge in [-0.1, -0.05) is 0 Å². The van der Waals surface area contributed by atoms with Gasteiger partial charge in [0.25, 0.3) is 0 Å². The summed E-state index contributed by atoms with van der Waals surface area (Å²) in [5.41, 5.74) is 7.12. The zero-order valence-corrected chi connectivity index (χ0v) is 36.6. The van der Waals surface area contributed by atoms with Crippen LogP contribution in [0, 0.1) is 41.5 Å². The summed E-state index contributed by atoms with van der Waals surface area (Å²) in [6, 6.07) is 51.0. The summed E-state index contributed by atoms with van der Waals surface area (Å²) < 4.78 is 13.1. The third kappa shape index (κ3) is 7.50. The van der Waals surface area contributed by atoms with Crippen molar-refractivity contribution in [2.75, 3.05) is 12.3 Å². The van der Waals surface area contributed by atoms with E-state index in [1.165, 1.54) is 47.2 Å². The Morgan fingerprint density at radius 2 is 0.482 bits per heavy atom. The maximum absolute atomic E-state index is 12.6. The fourth-order valence-electron chi connectivity index (χ4n) is 8.16. The van der Waals surface area contributed by atoms with Crippen LogP contribution in [0.2, 0.25) is 0 Å². The van der Waals surface area contributed by atoms with E-state index in [2.05, 4.69) is 201 Å². The molecule has 0 heterocycles. The average Bonchev–Trinajstić information content (AvgIpc) is 3.18. The number of hydrogen-bond acceptors (Lipinski definition) is 4. The molecule has 0 radical (unpaired) electrons. The zero-order chi connectivity index (χ0) is 40.8. The monoisotopic (exact) mass is 784 g/mol. The Morgan fingerprint density at radius 3 is 0.589 bits per heavy atom. The van der Waals surface area contributed by atoms with Crippen LogP contribution >= 0.6 is 13.7 Å². The third-order valence-corrected chi connectivity index (χ3v) is 23.4. The molecular weight excluding hydrogens is 726 g/mol. The Hall–Kier alpha value is -4.88. The number of carbonyl (C=O) groups excluding carboxylic acids is 2. The molecule has 0 amide bonds. The minimum atomic E-state index is -3.44. The van der Waals surface area contributed by atoms with E-state index >= 15 is 0 Å². The van der Waals surface area contributed by atoms with Crippen molar-refractivity contribution in [3.8, 4) is 0 Å². The summed E-state index contributed by atoms with van der Waals surface area (Å²) in [6.45, 7) is 12.9. The van der Waals surface area contributed by atoms with E-state index in [0.29, 0.717) is 12.3 Å². The van der Waals surface area contributed by atoms with E-state index in [-0.39, 0.29) is 11.9 Å². The number of benzene rings is 6. The van der Waals surface area contributed by atoms with E-state index in [1.807, 2.05) is 0 Å². The van der Waals surface area contributed by atoms with Gasteiger partial charge in [0, 0.05) is 0 Å². The van der Waals surface area contributed by atoms with Crippen LogP contribution in [0.5, 0.6) is 0 Å². The Bertz CT molecular complexity index is 1880. The van der Waals surface area contributed by atoms with Crippen LogP contribution in [-0.4, -0.2) is 24.3 Å². The van der Waals surface area contributed by atoms with Gasteiger partial charge in [-0.25, -0.2) is 0 Å². The topological polar surface area (TPSA) is 52.6 Å². The molecule has 6 heteroatoms. The molecule has 0 aliphatic rings. The van der Waals surface area contributed by atoms with Crippen molar-refractivity contribution in [1.82, 2.24) is 0 Å². The Kier molecular flexibility index (Phi) is 12.6. The summed E-state index contributed by atoms with van der Waals surface area (Å²) >= 11 is 0. The Morgan fingerprint density at radius 1 is 0.339 bits per heavy atom. The quantitative estimate of drug-likeness (QED) is 0.130. The van der Waals surface area contributed by atoms with Crippen molar-refractivity contribution in [1.29, 1.82) is 0 Å².